The quantitative estimate of drug-likeness (QED) is 0.814. The molecule has 1 N–H and O–H groups in total. The predicted octanol–water partition coefficient (Wildman–Crippen LogP) is 4.30. The molecule has 138 valence electrons. The van der Waals surface area contributed by atoms with E-state index in [0.717, 1.165) is 35.9 Å². The monoisotopic (exact) mass is 369 g/mol. The molecule has 2 aromatic rings. The van der Waals surface area contributed by atoms with Gasteiger partial charge in [0, 0.05) is 35.4 Å². The zero-order valence-electron chi connectivity index (χ0n) is 14.5. The average molecular weight is 369 g/mol. The van der Waals surface area contributed by atoms with Crippen molar-refractivity contribution in [1.29, 1.82) is 0 Å². The fourth-order valence-corrected chi connectivity index (χ4v) is 4.14. The third kappa shape index (κ3) is 2.59. The molecule has 3 aliphatic rings. The van der Waals surface area contributed by atoms with Crippen LogP contribution in [0, 0.1) is 11.6 Å². The van der Waals surface area contributed by atoms with E-state index in [0.29, 0.717) is 42.3 Å². The van der Waals surface area contributed by atoms with Gasteiger partial charge in [-0.3, -0.25) is 4.79 Å². The van der Waals surface area contributed by atoms with Crippen molar-refractivity contribution in [2.45, 2.75) is 25.2 Å². The van der Waals surface area contributed by atoms with E-state index in [4.69, 9.17) is 9.47 Å². The summed E-state index contributed by atoms with van der Waals surface area (Å²) in [5, 5.41) is 3.36. The van der Waals surface area contributed by atoms with Crippen molar-refractivity contribution in [3.8, 4) is 11.5 Å². The Balaban J connectivity index is 1.73. The first-order valence-corrected chi connectivity index (χ1v) is 9.03. The lowest BCUT2D eigenvalue weighted by Crippen LogP contribution is -2.27. The summed E-state index contributed by atoms with van der Waals surface area (Å²) in [4.78, 5) is 12.7. The topological polar surface area (TPSA) is 47.6 Å². The second kappa shape index (κ2) is 6.08. The van der Waals surface area contributed by atoms with Crippen LogP contribution in [-0.2, 0) is 4.79 Å². The number of fused-ring (bicyclic) bond motifs is 2. The second-order valence-electron chi connectivity index (χ2n) is 6.98. The fourth-order valence-electron chi connectivity index (χ4n) is 4.14. The van der Waals surface area contributed by atoms with Crippen LogP contribution < -0.4 is 14.8 Å². The number of rotatable bonds is 1. The molecule has 0 bridgehead atoms. The van der Waals surface area contributed by atoms with Gasteiger partial charge in [-0.1, -0.05) is 6.07 Å². The number of carbonyl (C=O) groups excluding carboxylic acids is 1. The number of Topliss-reactive ketones (excluding diaryl/α,β-unsaturated/α-hetero) is 1. The Kier molecular flexibility index (Phi) is 3.67. The molecule has 1 aliphatic carbocycles. The van der Waals surface area contributed by atoms with Gasteiger partial charge in [0.15, 0.2) is 28.9 Å². The van der Waals surface area contributed by atoms with Crippen LogP contribution in [0.15, 0.2) is 41.6 Å². The third-order valence-electron chi connectivity index (χ3n) is 5.33. The van der Waals surface area contributed by atoms with Crippen LogP contribution in [0.1, 0.15) is 36.3 Å². The number of halogens is 2. The molecular weight excluding hydrogens is 352 g/mol. The number of hydrogen-bond acceptors (Lipinski definition) is 4. The van der Waals surface area contributed by atoms with Crippen LogP contribution >= 0.6 is 0 Å². The lowest BCUT2D eigenvalue weighted by Gasteiger charge is -2.35. The Morgan fingerprint density at radius 3 is 2.52 bits per heavy atom. The number of hydrogen-bond donors (Lipinski definition) is 1. The van der Waals surface area contributed by atoms with Gasteiger partial charge >= 0.3 is 0 Å². The highest BCUT2D eigenvalue weighted by Crippen LogP contribution is 2.49. The summed E-state index contributed by atoms with van der Waals surface area (Å²) in [7, 11) is 0. The standard InChI is InChI=1S/C21H17F2NO3/c22-13-5-4-11(8-14(13)23)20-12-9-18-19(27-7-6-26-18)10-16(12)24-15-2-1-3-17(25)21(15)20/h4-5,8-10,20,24H,1-3,6-7H2. The molecular formula is C21H17F2NO3. The molecule has 2 heterocycles. The zero-order valence-corrected chi connectivity index (χ0v) is 14.5. The summed E-state index contributed by atoms with van der Waals surface area (Å²) in [5.74, 6) is -1.01. The minimum Gasteiger partial charge on any atom is -0.486 e. The highest BCUT2D eigenvalue weighted by Gasteiger charge is 2.36. The number of ether oxygens (including phenoxy) is 2. The Hall–Kier alpha value is -2.89. The van der Waals surface area contributed by atoms with Crippen LogP contribution in [-0.4, -0.2) is 19.0 Å². The molecule has 2 aliphatic heterocycles. The van der Waals surface area contributed by atoms with E-state index in [1.807, 2.05) is 12.1 Å². The Labute approximate surface area is 154 Å². The van der Waals surface area contributed by atoms with Crippen molar-refractivity contribution in [3.63, 3.8) is 0 Å². The number of anilines is 1. The smallest absolute Gasteiger partial charge is 0.163 e. The summed E-state index contributed by atoms with van der Waals surface area (Å²) in [6, 6.07) is 7.53. The summed E-state index contributed by atoms with van der Waals surface area (Å²) in [5.41, 5.74) is 3.65. The SMILES string of the molecule is O=C1CCCC2=C1C(c1ccc(F)c(F)c1)c1cc3c(cc1N2)OCCO3. The van der Waals surface area contributed by atoms with E-state index < -0.39 is 17.6 Å². The lowest BCUT2D eigenvalue weighted by molar-refractivity contribution is -0.116. The Bertz CT molecular complexity index is 999. The molecule has 1 unspecified atom stereocenters. The van der Waals surface area contributed by atoms with E-state index in [1.165, 1.54) is 6.07 Å². The van der Waals surface area contributed by atoms with E-state index in [9.17, 15) is 13.6 Å². The average Bonchev–Trinajstić information content (AvgIpc) is 2.67. The van der Waals surface area contributed by atoms with Crippen molar-refractivity contribution in [2.24, 2.45) is 0 Å². The molecule has 1 atom stereocenters. The minimum atomic E-state index is -0.921. The summed E-state index contributed by atoms with van der Waals surface area (Å²) in [6.45, 7) is 0.923. The lowest BCUT2D eigenvalue weighted by atomic mass is 9.75. The fraction of sp³-hybridized carbons (Fsp3) is 0.286. The van der Waals surface area contributed by atoms with Gasteiger partial charge in [0.05, 0.1) is 0 Å². The van der Waals surface area contributed by atoms with Gasteiger partial charge in [-0.05, 0) is 42.2 Å². The highest BCUT2D eigenvalue weighted by molar-refractivity contribution is 6.01. The van der Waals surface area contributed by atoms with Gasteiger partial charge in [-0.15, -0.1) is 0 Å². The third-order valence-corrected chi connectivity index (χ3v) is 5.33. The number of carbonyl (C=O) groups is 1. The second-order valence-corrected chi connectivity index (χ2v) is 6.98. The molecule has 0 fully saturated rings. The molecule has 4 nitrogen and oxygen atoms in total. The van der Waals surface area contributed by atoms with Gasteiger partial charge in [0.2, 0.25) is 0 Å². The molecule has 27 heavy (non-hydrogen) atoms. The maximum absolute atomic E-state index is 14.0. The Morgan fingerprint density at radius 1 is 0.963 bits per heavy atom. The van der Waals surface area contributed by atoms with Crippen molar-refractivity contribution >= 4 is 11.5 Å². The van der Waals surface area contributed by atoms with Gasteiger partial charge in [0.1, 0.15) is 13.2 Å². The predicted molar refractivity (Wildman–Crippen MR) is 95.1 cm³/mol. The normalized spacial score (nSPS) is 20.7. The minimum absolute atomic E-state index is 0.0408. The van der Waals surface area contributed by atoms with Crippen molar-refractivity contribution < 1.29 is 23.0 Å². The molecule has 6 heteroatoms. The molecule has 0 amide bonds. The van der Waals surface area contributed by atoms with Crippen LogP contribution in [0.2, 0.25) is 0 Å². The first kappa shape index (κ1) is 16.3. The molecule has 2 aromatic carbocycles. The van der Waals surface area contributed by atoms with Crippen molar-refractivity contribution in [3.05, 3.63) is 64.4 Å². The first-order chi connectivity index (χ1) is 13.1. The summed E-state index contributed by atoms with van der Waals surface area (Å²) in [6.07, 6.45) is 1.98. The molecule has 0 saturated carbocycles. The van der Waals surface area contributed by atoms with Crippen molar-refractivity contribution in [1.82, 2.24) is 0 Å². The van der Waals surface area contributed by atoms with Crippen LogP contribution in [0.5, 0.6) is 11.5 Å². The van der Waals surface area contributed by atoms with Crippen molar-refractivity contribution in [2.75, 3.05) is 18.5 Å². The molecule has 5 rings (SSSR count). The molecule has 0 spiro atoms. The van der Waals surface area contributed by atoms with E-state index in [2.05, 4.69) is 5.32 Å². The van der Waals surface area contributed by atoms with Crippen LogP contribution in [0.3, 0.4) is 0 Å². The molecule has 0 saturated heterocycles. The summed E-state index contributed by atoms with van der Waals surface area (Å²) < 4.78 is 38.8. The van der Waals surface area contributed by atoms with E-state index in [-0.39, 0.29) is 5.78 Å². The van der Waals surface area contributed by atoms with E-state index >= 15 is 0 Å². The molecule has 0 radical (unpaired) electrons. The highest BCUT2D eigenvalue weighted by atomic mass is 19.2. The van der Waals surface area contributed by atoms with Crippen LogP contribution in [0.25, 0.3) is 0 Å². The first-order valence-electron chi connectivity index (χ1n) is 9.03. The molecule has 0 aromatic heterocycles. The Morgan fingerprint density at radius 2 is 1.74 bits per heavy atom. The van der Waals surface area contributed by atoms with Gasteiger partial charge in [0.25, 0.3) is 0 Å². The van der Waals surface area contributed by atoms with Crippen LogP contribution in [0.4, 0.5) is 14.5 Å². The van der Waals surface area contributed by atoms with Gasteiger partial charge in [-0.25, -0.2) is 8.78 Å². The zero-order chi connectivity index (χ0) is 18.5. The number of allylic oxidation sites excluding steroid dienone is 2. The maximum Gasteiger partial charge on any atom is 0.163 e. The number of nitrogens with one attached hydrogen (secondary N) is 1. The number of ketones is 1. The van der Waals surface area contributed by atoms with Gasteiger partial charge in [-0.2, -0.15) is 0 Å². The summed E-state index contributed by atoms with van der Waals surface area (Å²) >= 11 is 0. The van der Waals surface area contributed by atoms with Gasteiger partial charge < -0.3 is 14.8 Å². The largest absolute Gasteiger partial charge is 0.486 e. The van der Waals surface area contributed by atoms with E-state index in [1.54, 1.807) is 6.07 Å². The number of benzene rings is 2. The maximum atomic E-state index is 14.0.